The van der Waals surface area contributed by atoms with Gasteiger partial charge in [-0.25, -0.2) is 0 Å². The van der Waals surface area contributed by atoms with Crippen molar-refractivity contribution < 1.29 is 4.79 Å². The molecule has 0 aliphatic carbocycles. The number of rotatable bonds is 5. The van der Waals surface area contributed by atoms with Crippen LogP contribution in [0.1, 0.15) is 10.4 Å². The summed E-state index contributed by atoms with van der Waals surface area (Å²) in [6.45, 7) is 1.49. The number of hydrogen-bond donors (Lipinski definition) is 0. The van der Waals surface area contributed by atoms with Crippen molar-refractivity contribution in [3.8, 4) is 17.1 Å². The van der Waals surface area contributed by atoms with Crippen molar-refractivity contribution in [2.24, 2.45) is 0 Å². The molecule has 1 aliphatic rings. The molecule has 7 heteroatoms. The largest absolute Gasteiger partial charge is 0.337 e. The second kappa shape index (κ2) is 8.45. The molecule has 150 valence electrons. The van der Waals surface area contributed by atoms with Gasteiger partial charge in [0.15, 0.2) is 11.0 Å². The summed E-state index contributed by atoms with van der Waals surface area (Å²) in [5.74, 6) is 1.26. The molecule has 30 heavy (non-hydrogen) atoms. The zero-order valence-corrected chi connectivity index (χ0v) is 17.9. The molecule has 0 atom stereocenters. The summed E-state index contributed by atoms with van der Waals surface area (Å²) in [6.07, 6.45) is 0.946. The number of carbonyl (C=O) groups is 1. The normalized spacial score (nSPS) is 13.3. The van der Waals surface area contributed by atoms with Gasteiger partial charge >= 0.3 is 0 Å². The highest BCUT2D eigenvalue weighted by Gasteiger charge is 2.23. The van der Waals surface area contributed by atoms with Crippen molar-refractivity contribution in [2.45, 2.75) is 18.1 Å². The Morgan fingerprint density at radius 2 is 1.77 bits per heavy atom. The highest BCUT2D eigenvalue weighted by Crippen LogP contribution is 2.29. The van der Waals surface area contributed by atoms with Crippen LogP contribution in [0.15, 0.2) is 77.3 Å². The first-order valence-electron chi connectivity index (χ1n) is 9.81. The van der Waals surface area contributed by atoms with Crippen molar-refractivity contribution in [1.29, 1.82) is 0 Å². The first-order valence-corrected chi connectivity index (χ1v) is 11.7. The second-order valence-electron chi connectivity index (χ2n) is 7.07. The Morgan fingerprint density at radius 3 is 2.57 bits per heavy atom. The fourth-order valence-corrected chi connectivity index (χ4v) is 5.37. The quantitative estimate of drug-likeness (QED) is 0.430. The van der Waals surface area contributed by atoms with Crippen LogP contribution >= 0.6 is 23.1 Å². The molecule has 2 aromatic carbocycles. The predicted octanol–water partition coefficient (Wildman–Crippen LogP) is 4.67. The van der Waals surface area contributed by atoms with Crippen molar-refractivity contribution in [3.63, 3.8) is 0 Å². The van der Waals surface area contributed by atoms with Crippen molar-refractivity contribution in [1.82, 2.24) is 19.7 Å². The first kappa shape index (κ1) is 19.1. The van der Waals surface area contributed by atoms with E-state index < -0.39 is 0 Å². The molecule has 0 fully saturated rings. The Balaban J connectivity index is 1.38. The summed E-state index contributed by atoms with van der Waals surface area (Å²) in [7, 11) is 0. The second-order valence-corrected chi connectivity index (χ2v) is 9.01. The third kappa shape index (κ3) is 3.78. The number of hydrogen-bond acceptors (Lipinski definition) is 5. The first-order chi connectivity index (χ1) is 14.8. The molecular weight excluding hydrogens is 412 g/mol. The minimum atomic E-state index is 0.140. The van der Waals surface area contributed by atoms with Crippen LogP contribution in [0.5, 0.6) is 0 Å². The van der Waals surface area contributed by atoms with E-state index in [2.05, 4.69) is 21.6 Å². The molecule has 3 heterocycles. The van der Waals surface area contributed by atoms with Crippen molar-refractivity contribution >= 4 is 29.0 Å². The summed E-state index contributed by atoms with van der Waals surface area (Å²) in [5, 5.41) is 11.7. The predicted molar refractivity (Wildman–Crippen MR) is 121 cm³/mol. The zero-order chi connectivity index (χ0) is 20.3. The van der Waals surface area contributed by atoms with Crippen LogP contribution in [-0.2, 0) is 17.8 Å². The van der Waals surface area contributed by atoms with Crippen molar-refractivity contribution in [2.75, 3.05) is 12.3 Å². The Hall–Kier alpha value is -2.90. The molecule has 1 aliphatic heterocycles. The topological polar surface area (TPSA) is 51.0 Å². The van der Waals surface area contributed by atoms with E-state index in [-0.39, 0.29) is 5.91 Å². The maximum Gasteiger partial charge on any atom is 0.233 e. The number of thioether (sulfide) groups is 1. The van der Waals surface area contributed by atoms with Crippen LogP contribution in [0.3, 0.4) is 0 Å². The molecule has 4 aromatic rings. The third-order valence-electron chi connectivity index (χ3n) is 5.16. The van der Waals surface area contributed by atoms with Gasteiger partial charge in [-0.2, -0.15) is 0 Å². The van der Waals surface area contributed by atoms with Crippen LogP contribution in [0.2, 0.25) is 0 Å². The summed E-state index contributed by atoms with van der Waals surface area (Å²) in [4.78, 5) is 16.2. The van der Waals surface area contributed by atoms with Gasteiger partial charge in [-0.05, 0) is 35.6 Å². The Bertz CT molecular complexity index is 1150. The standard InChI is InChI=1S/C23H20N4OS2/c28-21(26-13-11-20-18(15-26)12-14-29-20)16-30-23-25-24-22(17-7-3-1-4-8-17)27(23)19-9-5-2-6-10-19/h1-10,12,14H,11,13,15-16H2. The fourth-order valence-electron chi connectivity index (χ4n) is 3.63. The molecule has 5 rings (SSSR count). The van der Waals surface area contributed by atoms with Gasteiger partial charge in [0.25, 0.3) is 0 Å². The van der Waals surface area contributed by atoms with Crippen LogP contribution in [0.25, 0.3) is 17.1 Å². The summed E-state index contributed by atoms with van der Waals surface area (Å²) < 4.78 is 2.03. The van der Waals surface area contributed by atoms with E-state index in [1.807, 2.05) is 70.1 Å². The van der Waals surface area contributed by atoms with E-state index in [4.69, 9.17) is 0 Å². The molecule has 5 nitrogen and oxygen atoms in total. The van der Waals surface area contributed by atoms with Gasteiger partial charge in [0, 0.05) is 29.2 Å². The molecule has 0 radical (unpaired) electrons. The molecular formula is C23H20N4OS2. The van der Waals surface area contributed by atoms with Gasteiger partial charge in [0.05, 0.1) is 5.75 Å². The summed E-state index contributed by atoms with van der Waals surface area (Å²) in [5.41, 5.74) is 3.26. The molecule has 0 bridgehead atoms. The minimum absolute atomic E-state index is 0.140. The van der Waals surface area contributed by atoms with Gasteiger partial charge in [0.1, 0.15) is 0 Å². The van der Waals surface area contributed by atoms with E-state index >= 15 is 0 Å². The maximum absolute atomic E-state index is 12.9. The number of fused-ring (bicyclic) bond motifs is 1. The van der Waals surface area contributed by atoms with Gasteiger partial charge < -0.3 is 4.90 Å². The third-order valence-corrected chi connectivity index (χ3v) is 7.10. The lowest BCUT2D eigenvalue weighted by molar-refractivity contribution is -0.129. The zero-order valence-electron chi connectivity index (χ0n) is 16.3. The van der Waals surface area contributed by atoms with E-state index in [0.29, 0.717) is 12.3 Å². The highest BCUT2D eigenvalue weighted by molar-refractivity contribution is 7.99. The lowest BCUT2D eigenvalue weighted by atomic mass is 10.1. The average Bonchev–Trinajstić information content (AvgIpc) is 3.45. The number of amides is 1. The average molecular weight is 433 g/mol. The molecule has 0 unspecified atom stereocenters. The molecule has 0 N–H and O–H groups in total. The SMILES string of the molecule is O=C(CSc1nnc(-c2ccccc2)n1-c1ccccc1)N1CCc2sccc2C1. The number of para-hydroxylation sites is 1. The minimum Gasteiger partial charge on any atom is -0.337 e. The van der Waals surface area contributed by atoms with Crippen LogP contribution in [0.4, 0.5) is 0 Å². The van der Waals surface area contributed by atoms with Gasteiger partial charge in [0.2, 0.25) is 5.91 Å². The van der Waals surface area contributed by atoms with Crippen LogP contribution in [0, 0.1) is 0 Å². The van der Waals surface area contributed by atoms with Crippen LogP contribution in [-0.4, -0.2) is 37.9 Å². The lowest BCUT2D eigenvalue weighted by Crippen LogP contribution is -2.36. The smallest absolute Gasteiger partial charge is 0.233 e. The molecule has 2 aromatic heterocycles. The van der Waals surface area contributed by atoms with E-state index in [1.165, 1.54) is 22.2 Å². The molecule has 0 spiro atoms. The lowest BCUT2D eigenvalue weighted by Gasteiger charge is -2.26. The summed E-state index contributed by atoms with van der Waals surface area (Å²) >= 11 is 3.23. The monoisotopic (exact) mass is 432 g/mol. The molecule has 1 amide bonds. The molecule has 0 saturated carbocycles. The number of thiophene rings is 1. The van der Waals surface area contributed by atoms with Gasteiger partial charge in [-0.15, -0.1) is 21.5 Å². The van der Waals surface area contributed by atoms with E-state index in [0.717, 1.165) is 35.2 Å². The Labute approximate surface area is 183 Å². The Morgan fingerprint density at radius 1 is 1.00 bits per heavy atom. The number of nitrogens with zero attached hydrogens (tertiary/aromatic N) is 4. The highest BCUT2D eigenvalue weighted by atomic mass is 32.2. The molecule has 0 saturated heterocycles. The van der Waals surface area contributed by atoms with Gasteiger partial charge in [-0.3, -0.25) is 9.36 Å². The van der Waals surface area contributed by atoms with E-state index in [1.54, 1.807) is 11.3 Å². The number of carbonyl (C=O) groups excluding carboxylic acids is 1. The van der Waals surface area contributed by atoms with Crippen LogP contribution < -0.4 is 0 Å². The van der Waals surface area contributed by atoms with E-state index in [9.17, 15) is 4.79 Å². The van der Waals surface area contributed by atoms with Gasteiger partial charge in [-0.1, -0.05) is 60.3 Å². The maximum atomic E-state index is 12.9. The van der Waals surface area contributed by atoms with Crippen molar-refractivity contribution in [3.05, 3.63) is 82.6 Å². The summed E-state index contributed by atoms with van der Waals surface area (Å²) in [6, 6.07) is 22.2. The fraction of sp³-hybridized carbons (Fsp3) is 0.174. The number of aromatic nitrogens is 3. The number of benzene rings is 2. The Kier molecular flexibility index (Phi) is 5.38.